The Hall–Kier alpha value is -1.18. The fraction of sp³-hybridized carbons (Fsp3) is 0.955. The van der Waals surface area contributed by atoms with Gasteiger partial charge < -0.3 is 10.6 Å². The Morgan fingerprint density at radius 3 is 0.863 bits per heavy atom. The zero-order valence-electron chi connectivity index (χ0n) is 34.2. The quantitative estimate of drug-likeness (QED) is 0.0435. The summed E-state index contributed by atoms with van der Waals surface area (Å²) in [4.78, 5) is 30.0. The highest BCUT2D eigenvalue weighted by Crippen LogP contribution is 2.17. The minimum absolute atomic E-state index is 0.132. The van der Waals surface area contributed by atoms with E-state index in [4.69, 9.17) is 0 Å². The molecule has 0 radical (unpaired) electrons. The van der Waals surface area contributed by atoms with Crippen LogP contribution in [-0.2, 0) is 9.59 Å². The Kier molecular flexibility index (Phi) is 30.1. The molecule has 2 rings (SSSR count). The normalized spacial score (nSPS) is 15.6. The van der Waals surface area contributed by atoms with Crippen LogP contribution in [0, 0.1) is 0 Å². The summed E-state index contributed by atoms with van der Waals surface area (Å²) in [7, 11) is 0. The van der Waals surface area contributed by atoms with E-state index >= 15 is 0 Å². The summed E-state index contributed by atoms with van der Waals surface area (Å²) in [5, 5.41) is 10.2. The molecule has 2 heterocycles. The molecular weight excluding hydrogens is 631 g/mol. The zero-order chi connectivity index (χ0) is 36.5. The van der Waals surface area contributed by atoms with E-state index in [1.807, 2.05) is 0 Å². The van der Waals surface area contributed by atoms with Crippen LogP contribution in [-0.4, -0.2) is 73.2 Å². The van der Waals surface area contributed by atoms with Gasteiger partial charge >= 0.3 is 0 Å². The summed E-state index contributed by atoms with van der Waals surface area (Å²) >= 11 is 0. The largest absolute Gasteiger partial charge is 0.353 e. The van der Waals surface area contributed by atoms with E-state index < -0.39 is 0 Å². The highest BCUT2D eigenvalue weighted by molar-refractivity contribution is 5.76. The van der Waals surface area contributed by atoms with Crippen molar-refractivity contribution in [3.8, 4) is 0 Å². The van der Waals surface area contributed by atoms with E-state index in [-0.39, 0.29) is 24.1 Å². The average molecular weight is 718 g/mol. The summed E-state index contributed by atoms with van der Waals surface area (Å²) in [6.07, 6.45) is 41.8. The SMILES string of the molecule is CCCCCCCCCCCCCCCCCC(=O)NC[C@@H](N[C@H](CNC(=O)CCCCCCCCCCCCCCCCC)N1CC1)N1CC1. The Bertz CT molecular complexity index is 738. The van der Waals surface area contributed by atoms with Crippen molar-refractivity contribution in [2.24, 2.45) is 0 Å². The van der Waals surface area contributed by atoms with Gasteiger partial charge in [0.05, 0.1) is 12.3 Å². The number of carbonyl (C=O) groups is 2. The van der Waals surface area contributed by atoms with Gasteiger partial charge in [-0.25, -0.2) is 0 Å². The van der Waals surface area contributed by atoms with E-state index in [2.05, 4.69) is 39.6 Å². The highest BCUT2D eigenvalue weighted by Gasteiger charge is 2.34. The zero-order valence-corrected chi connectivity index (χ0v) is 34.2. The number of unbranched alkanes of at least 4 members (excludes halogenated alkanes) is 28. The molecule has 2 atom stereocenters. The summed E-state index contributed by atoms with van der Waals surface area (Å²) in [5.41, 5.74) is 0. The van der Waals surface area contributed by atoms with Crippen LogP contribution in [0.4, 0.5) is 0 Å². The van der Waals surface area contributed by atoms with Crippen LogP contribution in [0.5, 0.6) is 0 Å². The van der Waals surface area contributed by atoms with Gasteiger partial charge in [0, 0.05) is 52.1 Å². The molecule has 0 aromatic carbocycles. The predicted molar refractivity (Wildman–Crippen MR) is 219 cm³/mol. The molecule has 0 saturated carbocycles. The molecule has 0 aliphatic carbocycles. The Balaban J connectivity index is 1.41. The van der Waals surface area contributed by atoms with Crippen LogP contribution >= 0.6 is 0 Å². The van der Waals surface area contributed by atoms with Gasteiger partial charge in [0.2, 0.25) is 11.8 Å². The third-order valence-corrected chi connectivity index (χ3v) is 11.2. The molecule has 0 spiro atoms. The number of carbonyl (C=O) groups excluding carboxylic acids is 2. The lowest BCUT2D eigenvalue weighted by Crippen LogP contribution is -2.55. The van der Waals surface area contributed by atoms with Gasteiger partial charge in [-0.05, 0) is 12.8 Å². The fourth-order valence-corrected chi connectivity index (χ4v) is 7.46. The molecule has 2 saturated heterocycles. The molecule has 300 valence electrons. The van der Waals surface area contributed by atoms with Gasteiger partial charge in [0.1, 0.15) is 0 Å². The fourth-order valence-electron chi connectivity index (χ4n) is 7.46. The Labute approximate surface area is 317 Å². The van der Waals surface area contributed by atoms with Gasteiger partial charge in [-0.15, -0.1) is 0 Å². The van der Waals surface area contributed by atoms with Crippen LogP contribution in [0.1, 0.15) is 219 Å². The minimum atomic E-state index is 0.132. The standard InChI is InChI=1S/C44H87N5O2/c1-3-5-7-9-11-13-15-17-19-21-23-25-27-29-31-33-43(50)45-39-41(48-35-36-48)47-42(49-37-38-49)40-46-44(51)34-32-30-28-26-24-22-20-18-16-14-12-10-8-6-4-2/h41-42,47H,3-40H2,1-2H3,(H,45,50)(H,46,51)/t41-,42-/m0/s1. The van der Waals surface area contributed by atoms with Crippen molar-refractivity contribution in [2.75, 3.05) is 39.3 Å². The predicted octanol–water partition coefficient (Wildman–Crippen LogP) is 10.6. The maximum atomic E-state index is 12.6. The molecule has 0 aromatic heterocycles. The summed E-state index contributed by atoms with van der Waals surface area (Å²) in [5.74, 6) is 0.358. The molecule has 51 heavy (non-hydrogen) atoms. The molecule has 0 bridgehead atoms. The van der Waals surface area contributed by atoms with Crippen molar-refractivity contribution < 1.29 is 9.59 Å². The lowest BCUT2D eigenvalue weighted by atomic mass is 10.0. The van der Waals surface area contributed by atoms with Crippen molar-refractivity contribution in [2.45, 2.75) is 232 Å². The smallest absolute Gasteiger partial charge is 0.220 e. The highest BCUT2D eigenvalue weighted by atomic mass is 16.2. The first-order chi connectivity index (χ1) is 25.1. The van der Waals surface area contributed by atoms with Crippen LogP contribution < -0.4 is 16.0 Å². The van der Waals surface area contributed by atoms with Crippen LogP contribution in [0.15, 0.2) is 0 Å². The van der Waals surface area contributed by atoms with Gasteiger partial charge in [0.15, 0.2) is 0 Å². The van der Waals surface area contributed by atoms with Gasteiger partial charge in [-0.3, -0.25) is 24.7 Å². The lowest BCUT2D eigenvalue weighted by molar-refractivity contribution is -0.122. The third kappa shape index (κ3) is 28.9. The van der Waals surface area contributed by atoms with E-state index in [9.17, 15) is 9.59 Å². The van der Waals surface area contributed by atoms with E-state index in [1.165, 1.54) is 167 Å². The lowest BCUT2D eigenvalue weighted by Gasteiger charge is -2.28. The number of amides is 2. The molecule has 0 unspecified atom stereocenters. The maximum Gasteiger partial charge on any atom is 0.220 e. The van der Waals surface area contributed by atoms with Gasteiger partial charge in [-0.1, -0.05) is 194 Å². The Morgan fingerprint density at radius 1 is 0.392 bits per heavy atom. The van der Waals surface area contributed by atoms with Crippen molar-refractivity contribution in [3.05, 3.63) is 0 Å². The van der Waals surface area contributed by atoms with Crippen molar-refractivity contribution >= 4 is 11.8 Å². The van der Waals surface area contributed by atoms with E-state index in [1.54, 1.807) is 0 Å². The molecule has 2 fully saturated rings. The summed E-state index contributed by atoms with van der Waals surface area (Å²) < 4.78 is 0. The van der Waals surface area contributed by atoms with Crippen LogP contribution in [0.2, 0.25) is 0 Å². The van der Waals surface area contributed by atoms with E-state index in [0.29, 0.717) is 25.9 Å². The summed E-state index contributed by atoms with van der Waals surface area (Å²) in [6.45, 7) is 10.1. The number of nitrogens with zero attached hydrogens (tertiary/aromatic N) is 2. The van der Waals surface area contributed by atoms with Gasteiger partial charge in [-0.2, -0.15) is 0 Å². The first-order valence-electron chi connectivity index (χ1n) is 22.9. The minimum Gasteiger partial charge on any atom is -0.353 e. The van der Waals surface area contributed by atoms with Gasteiger partial charge in [0.25, 0.3) is 0 Å². The second-order valence-corrected chi connectivity index (χ2v) is 16.3. The number of nitrogens with one attached hydrogen (secondary N) is 3. The van der Waals surface area contributed by atoms with E-state index in [0.717, 1.165) is 51.9 Å². The molecule has 0 aromatic rings. The number of hydrogen-bond acceptors (Lipinski definition) is 5. The first kappa shape index (κ1) is 46.0. The van der Waals surface area contributed by atoms with Crippen molar-refractivity contribution in [1.82, 2.24) is 25.8 Å². The monoisotopic (exact) mass is 718 g/mol. The number of rotatable bonds is 40. The van der Waals surface area contributed by atoms with Crippen LogP contribution in [0.25, 0.3) is 0 Å². The maximum absolute atomic E-state index is 12.6. The number of hydrogen-bond donors (Lipinski definition) is 3. The third-order valence-electron chi connectivity index (χ3n) is 11.2. The Morgan fingerprint density at radius 2 is 0.627 bits per heavy atom. The molecule has 3 N–H and O–H groups in total. The molecular formula is C44H87N5O2. The second-order valence-electron chi connectivity index (χ2n) is 16.3. The molecule has 7 heteroatoms. The first-order valence-corrected chi connectivity index (χ1v) is 22.9. The topological polar surface area (TPSA) is 76.3 Å². The second kappa shape index (κ2) is 33.4. The molecule has 2 aliphatic rings. The molecule has 2 amide bonds. The van der Waals surface area contributed by atoms with Crippen LogP contribution in [0.3, 0.4) is 0 Å². The molecule has 7 nitrogen and oxygen atoms in total. The van der Waals surface area contributed by atoms with Crippen molar-refractivity contribution in [1.29, 1.82) is 0 Å². The summed E-state index contributed by atoms with van der Waals surface area (Å²) in [6, 6.07) is 0. The average Bonchev–Trinajstić information content (AvgIpc) is 4.06. The molecule has 2 aliphatic heterocycles. The van der Waals surface area contributed by atoms with Crippen molar-refractivity contribution in [3.63, 3.8) is 0 Å².